The first-order valence-corrected chi connectivity index (χ1v) is 6.02. The van der Waals surface area contributed by atoms with Gasteiger partial charge in [0, 0.05) is 18.0 Å². The van der Waals surface area contributed by atoms with E-state index in [2.05, 4.69) is 10.1 Å². The Morgan fingerprint density at radius 1 is 1.35 bits per heavy atom. The molecule has 0 aliphatic carbocycles. The maximum absolute atomic E-state index is 9.61. The van der Waals surface area contributed by atoms with Gasteiger partial charge in [0.1, 0.15) is 5.75 Å². The summed E-state index contributed by atoms with van der Waals surface area (Å²) in [6.07, 6.45) is 1.63. The maximum Gasteiger partial charge on any atom is 0.205 e. The molecule has 0 amide bonds. The van der Waals surface area contributed by atoms with Crippen molar-refractivity contribution in [2.45, 2.75) is 6.92 Å². The van der Waals surface area contributed by atoms with Crippen LogP contribution in [0.5, 0.6) is 5.75 Å². The number of hydrogen-bond donors (Lipinski definition) is 1. The first-order valence-electron chi connectivity index (χ1n) is 5.14. The molecule has 0 fully saturated rings. The van der Waals surface area contributed by atoms with Crippen molar-refractivity contribution in [3.8, 4) is 5.75 Å². The van der Waals surface area contributed by atoms with Crippen LogP contribution in [0.2, 0.25) is 0 Å². The molecule has 0 radical (unpaired) electrons. The first kappa shape index (κ1) is 11.6. The average molecular weight is 247 g/mol. The minimum Gasteiger partial charge on any atom is -0.507 e. The lowest BCUT2D eigenvalue weighted by atomic mass is 10.2. The molecule has 17 heavy (non-hydrogen) atoms. The Morgan fingerprint density at radius 3 is 2.82 bits per heavy atom. The molecule has 0 spiro atoms. The van der Waals surface area contributed by atoms with E-state index in [-0.39, 0.29) is 5.75 Å². The highest BCUT2D eigenvalue weighted by atomic mass is 32.1. The van der Waals surface area contributed by atoms with E-state index < -0.39 is 0 Å². The molecular formula is C12H13N3OS. The molecular weight excluding hydrogens is 234 g/mol. The number of rotatable bonds is 2. The molecule has 5 heteroatoms. The molecule has 0 aliphatic rings. The number of benzene rings is 1. The van der Waals surface area contributed by atoms with Crippen LogP contribution in [0, 0.1) is 6.92 Å². The van der Waals surface area contributed by atoms with E-state index in [1.54, 1.807) is 30.1 Å². The van der Waals surface area contributed by atoms with Gasteiger partial charge in [-0.2, -0.15) is 5.10 Å². The van der Waals surface area contributed by atoms with Crippen molar-refractivity contribution in [1.82, 2.24) is 4.68 Å². The monoisotopic (exact) mass is 247 g/mol. The number of para-hydroxylation sites is 1. The minimum absolute atomic E-state index is 0.222. The van der Waals surface area contributed by atoms with Gasteiger partial charge in [0.25, 0.3) is 0 Å². The van der Waals surface area contributed by atoms with E-state index in [4.69, 9.17) is 0 Å². The van der Waals surface area contributed by atoms with E-state index >= 15 is 0 Å². The van der Waals surface area contributed by atoms with Crippen molar-refractivity contribution in [2.24, 2.45) is 10.1 Å². The number of phenolic OH excluding ortho intramolecular Hbond substituents is 1. The second-order valence-corrected chi connectivity index (χ2v) is 4.34. The van der Waals surface area contributed by atoms with Crippen LogP contribution in [0.4, 0.5) is 0 Å². The number of hydrogen-bond acceptors (Lipinski definition) is 4. The number of aromatic nitrogens is 1. The van der Waals surface area contributed by atoms with Gasteiger partial charge in [-0.15, -0.1) is 11.3 Å². The predicted octanol–water partition coefficient (Wildman–Crippen LogP) is 1.98. The van der Waals surface area contributed by atoms with Crippen molar-refractivity contribution in [3.63, 3.8) is 0 Å². The Hall–Kier alpha value is -1.88. The largest absolute Gasteiger partial charge is 0.507 e. The molecule has 0 bridgehead atoms. The molecule has 1 heterocycles. The number of aryl methyl sites for hydroxylation is 1. The van der Waals surface area contributed by atoms with E-state index in [1.165, 1.54) is 11.3 Å². The maximum atomic E-state index is 9.61. The summed E-state index contributed by atoms with van der Waals surface area (Å²) >= 11 is 1.54. The van der Waals surface area contributed by atoms with Gasteiger partial charge in [-0.1, -0.05) is 12.1 Å². The van der Waals surface area contributed by atoms with Gasteiger partial charge in [0.15, 0.2) is 0 Å². The molecule has 1 N–H and O–H groups in total. The first-order chi connectivity index (χ1) is 8.22. The Labute approximate surface area is 103 Å². The highest BCUT2D eigenvalue weighted by Gasteiger charge is 1.99. The minimum atomic E-state index is 0.222. The zero-order valence-corrected chi connectivity index (χ0v) is 10.5. The topological polar surface area (TPSA) is 49.9 Å². The smallest absolute Gasteiger partial charge is 0.205 e. The van der Waals surface area contributed by atoms with Gasteiger partial charge in [-0.25, -0.2) is 4.68 Å². The van der Waals surface area contributed by atoms with Crippen LogP contribution in [0.15, 0.2) is 39.7 Å². The predicted molar refractivity (Wildman–Crippen MR) is 69.6 cm³/mol. The summed E-state index contributed by atoms with van der Waals surface area (Å²) in [5.74, 6) is 0.222. The van der Waals surface area contributed by atoms with Gasteiger partial charge < -0.3 is 5.11 Å². The van der Waals surface area contributed by atoms with Crippen LogP contribution in [-0.4, -0.2) is 23.0 Å². The summed E-state index contributed by atoms with van der Waals surface area (Å²) in [6, 6.07) is 7.08. The van der Waals surface area contributed by atoms with Crippen LogP contribution < -0.4 is 4.80 Å². The summed E-state index contributed by atoms with van der Waals surface area (Å²) in [4.78, 5) is 4.96. The zero-order chi connectivity index (χ0) is 12.3. The van der Waals surface area contributed by atoms with Crippen LogP contribution >= 0.6 is 11.3 Å². The van der Waals surface area contributed by atoms with E-state index in [1.807, 2.05) is 24.4 Å². The Balaban J connectivity index is 2.39. The normalized spacial score (nSPS) is 12.5. The van der Waals surface area contributed by atoms with Gasteiger partial charge in [0.05, 0.1) is 11.9 Å². The standard InChI is InChI=1S/C12H13N3OS/c1-9-8-17-12(13-2)15(9)14-7-10-5-3-4-6-11(10)16/h3-8,16H,1-2H3. The quantitative estimate of drug-likeness (QED) is 0.810. The molecule has 0 saturated carbocycles. The lowest BCUT2D eigenvalue weighted by Gasteiger charge is -1.99. The fourth-order valence-corrected chi connectivity index (χ4v) is 2.17. The number of thiazole rings is 1. The lowest BCUT2D eigenvalue weighted by Crippen LogP contribution is -2.11. The van der Waals surface area contributed by atoms with Crippen molar-refractivity contribution in [1.29, 1.82) is 0 Å². The van der Waals surface area contributed by atoms with Gasteiger partial charge in [0.2, 0.25) is 4.80 Å². The summed E-state index contributed by atoms with van der Waals surface area (Å²) in [6.45, 7) is 1.97. The summed E-state index contributed by atoms with van der Waals surface area (Å²) in [5, 5.41) is 15.9. The molecule has 0 unspecified atom stereocenters. The molecule has 88 valence electrons. The van der Waals surface area contributed by atoms with Crippen LogP contribution in [0.1, 0.15) is 11.3 Å². The Morgan fingerprint density at radius 2 is 2.12 bits per heavy atom. The summed E-state index contributed by atoms with van der Waals surface area (Å²) < 4.78 is 1.75. The molecule has 1 aromatic carbocycles. The second kappa shape index (κ2) is 4.97. The van der Waals surface area contributed by atoms with Gasteiger partial charge in [-0.05, 0) is 19.1 Å². The number of phenols is 1. The fraction of sp³-hybridized carbons (Fsp3) is 0.167. The van der Waals surface area contributed by atoms with Gasteiger partial charge in [-0.3, -0.25) is 4.99 Å². The Bertz CT molecular complexity index is 610. The third kappa shape index (κ3) is 2.45. The summed E-state index contributed by atoms with van der Waals surface area (Å²) in [5.41, 5.74) is 1.70. The van der Waals surface area contributed by atoms with Crippen molar-refractivity contribution in [3.05, 3.63) is 45.7 Å². The van der Waals surface area contributed by atoms with Crippen molar-refractivity contribution < 1.29 is 5.11 Å². The molecule has 1 aromatic heterocycles. The molecule has 4 nitrogen and oxygen atoms in total. The SMILES string of the molecule is CN=c1scc(C)n1N=Cc1ccccc1O. The van der Waals surface area contributed by atoms with E-state index in [0.717, 1.165) is 10.5 Å². The lowest BCUT2D eigenvalue weighted by molar-refractivity contribution is 0.474. The van der Waals surface area contributed by atoms with Crippen LogP contribution in [0.25, 0.3) is 0 Å². The molecule has 0 saturated heterocycles. The molecule has 0 aliphatic heterocycles. The number of aromatic hydroxyl groups is 1. The third-order valence-electron chi connectivity index (χ3n) is 2.29. The Kier molecular flexibility index (Phi) is 3.39. The van der Waals surface area contributed by atoms with E-state index in [0.29, 0.717) is 5.56 Å². The van der Waals surface area contributed by atoms with Gasteiger partial charge >= 0.3 is 0 Å². The number of nitrogens with zero attached hydrogens (tertiary/aromatic N) is 3. The molecule has 2 aromatic rings. The zero-order valence-electron chi connectivity index (χ0n) is 9.66. The molecule has 2 rings (SSSR count). The summed E-state index contributed by atoms with van der Waals surface area (Å²) in [7, 11) is 1.73. The third-order valence-corrected chi connectivity index (χ3v) is 3.32. The van der Waals surface area contributed by atoms with Crippen LogP contribution in [-0.2, 0) is 0 Å². The van der Waals surface area contributed by atoms with E-state index in [9.17, 15) is 5.11 Å². The van der Waals surface area contributed by atoms with Crippen molar-refractivity contribution in [2.75, 3.05) is 7.05 Å². The van der Waals surface area contributed by atoms with Crippen molar-refractivity contribution >= 4 is 17.6 Å². The molecule has 0 atom stereocenters. The average Bonchev–Trinajstić information content (AvgIpc) is 2.69. The highest BCUT2D eigenvalue weighted by molar-refractivity contribution is 7.07. The van der Waals surface area contributed by atoms with Crippen LogP contribution in [0.3, 0.4) is 0 Å². The second-order valence-electron chi connectivity index (χ2n) is 3.50. The fourth-order valence-electron chi connectivity index (χ4n) is 1.39. The highest BCUT2D eigenvalue weighted by Crippen LogP contribution is 2.12.